The fraction of sp³-hybridized carbons (Fsp3) is 0.250. The first-order valence-electron chi connectivity index (χ1n) is 9.74. The standard InChI is InChI=1S/C24H24ClNO4/c1-16-8-10-19(11-9-16)23(27)21-12-13-22(25)26(21)14-4-6-18-5-3-7-20(15-18)30-17(2)24(28)29/h3-11,13,15,17,21H,12,14H2,1-2H3,(H,28,29)/b6-4+/t17-,21?/m0/s1. The van der Waals surface area contributed by atoms with Crippen LogP contribution in [0.2, 0.25) is 0 Å². The predicted molar refractivity (Wildman–Crippen MR) is 118 cm³/mol. The van der Waals surface area contributed by atoms with Gasteiger partial charge in [0.15, 0.2) is 11.9 Å². The number of halogens is 1. The number of aliphatic carboxylic acids is 1. The van der Waals surface area contributed by atoms with E-state index >= 15 is 0 Å². The number of rotatable bonds is 8. The van der Waals surface area contributed by atoms with Gasteiger partial charge in [-0.2, -0.15) is 0 Å². The van der Waals surface area contributed by atoms with Crippen molar-refractivity contribution >= 4 is 29.4 Å². The Morgan fingerprint density at radius 3 is 2.70 bits per heavy atom. The van der Waals surface area contributed by atoms with E-state index in [1.54, 1.807) is 18.2 Å². The summed E-state index contributed by atoms with van der Waals surface area (Å²) in [5.41, 5.74) is 2.65. The van der Waals surface area contributed by atoms with E-state index in [1.807, 2.05) is 60.4 Å². The quantitative estimate of drug-likeness (QED) is 0.481. The normalized spacial score (nSPS) is 17.1. The Morgan fingerprint density at radius 1 is 1.27 bits per heavy atom. The fourth-order valence-corrected chi connectivity index (χ4v) is 3.50. The first-order valence-corrected chi connectivity index (χ1v) is 10.1. The highest BCUT2D eigenvalue weighted by Gasteiger charge is 2.30. The van der Waals surface area contributed by atoms with E-state index < -0.39 is 12.1 Å². The Morgan fingerprint density at radius 2 is 2.00 bits per heavy atom. The maximum atomic E-state index is 12.9. The van der Waals surface area contributed by atoms with Gasteiger partial charge in [0.2, 0.25) is 0 Å². The van der Waals surface area contributed by atoms with Gasteiger partial charge in [-0.1, -0.05) is 65.7 Å². The van der Waals surface area contributed by atoms with Crippen LogP contribution in [0.5, 0.6) is 5.75 Å². The molecule has 3 rings (SSSR count). The molecule has 1 N–H and O–H groups in total. The molecular formula is C24H24ClNO4. The van der Waals surface area contributed by atoms with E-state index in [9.17, 15) is 9.59 Å². The highest BCUT2D eigenvalue weighted by atomic mass is 35.5. The van der Waals surface area contributed by atoms with Gasteiger partial charge in [0.25, 0.3) is 0 Å². The number of ketones is 1. The first kappa shape index (κ1) is 21.7. The van der Waals surface area contributed by atoms with Gasteiger partial charge in [-0.15, -0.1) is 0 Å². The van der Waals surface area contributed by atoms with Gasteiger partial charge in [-0.3, -0.25) is 4.79 Å². The predicted octanol–water partition coefficient (Wildman–Crippen LogP) is 4.90. The number of benzene rings is 2. The van der Waals surface area contributed by atoms with E-state index in [2.05, 4.69) is 0 Å². The van der Waals surface area contributed by atoms with Crippen LogP contribution in [0.25, 0.3) is 6.08 Å². The van der Waals surface area contributed by atoms with Gasteiger partial charge in [0.1, 0.15) is 10.9 Å². The summed E-state index contributed by atoms with van der Waals surface area (Å²) >= 11 is 6.35. The number of aryl methyl sites for hydroxylation is 1. The van der Waals surface area contributed by atoms with E-state index in [0.717, 1.165) is 11.1 Å². The van der Waals surface area contributed by atoms with Gasteiger partial charge < -0.3 is 14.7 Å². The summed E-state index contributed by atoms with van der Waals surface area (Å²) in [6, 6.07) is 14.4. The molecule has 30 heavy (non-hydrogen) atoms. The summed E-state index contributed by atoms with van der Waals surface area (Å²) < 4.78 is 5.40. The molecule has 2 aromatic carbocycles. The molecule has 0 bridgehead atoms. The third kappa shape index (κ3) is 5.30. The molecule has 2 aromatic rings. The van der Waals surface area contributed by atoms with Crippen molar-refractivity contribution in [2.75, 3.05) is 6.54 Å². The van der Waals surface area contributed by atoms with Crippen LogP contribution in [-0.4, -0.2) is 40.4 Å². The summed E-state index contributed by atoms with van der Waals surface area (Å²) in [6.45, 7) is 3.95. The first-order chi connectivity index (χ1) is 14.3. The Hall–Kier alpha value is -3.05. The molecular weight excluding hydrogens is 402 g/mol. The smallest absolute Gasteiger partial charge is 0.344 e. The summed E-state index contributed by atoms with van der Waals surface area (Å²) in [4.78, 5) is 25.8. The van der Waals surface area contributed by atoms with Crippen molar-refractivity contribution in [2.24, 2.45) is 0 Å². The molecule has 156 valence electrons. The Kier molecular flexibility index (Phi) is 6.95. The minimum Gasteiger partial charge on any atom is -0.479 e. The zero-order valence-electron chi connectivity index (χ0n) is 16.9. The number of ether oxygens (including phenoxy) is 1. The summed E-state index contributed by atoms with van der Waals surface area (Å²) in [6.07, 6.45) is 5.35. The number of hydrogen-bond donors (Lipinski definition) is 1. The van der Waals surface area contributed by atoms with Gasteiger partial charge in [0.05, 0.1) is 6.04 Å². The SMILES string of the molecule is Cc1ccc(C(=O)C2CC=C(Cl)N2C/C=C/c2cccc(O[C@@H](C)C(=O)O)c2)cc1. The largest absolute Gasteiger partial charge is 0.479 e. The summed E-state index contributed by atoms with van der Waals surface area (Å²) in [5, 5.41) is 9.54. The van der Waals surface area contributed by atoms with Crippen LogP contribution in [0.4, 0.5) is 0 Å². The second-order valence-corrected chi connectivity index (χ2v) is 7.62. The Bertz CT molecular complexity index is 981. The molecule has 0 spiro atoms. The number of carboxylic acids is 1. The van der Waals surface area contributed by atoms with Gasteiger partial charge >= 0.3 is 5.97 Å². The van der Waals surface area contributed by atoms with Gasteiger partial charge in [-0.05, 0) is 44.0 Å². The number of carbonyl (C=O) groups is 2. The van der Waals surface area contributed by atoms with Crippen molar-refractivity contribution in [2.45, 2.75) is 32.4 Å². The van der Waals surface area contributed by atoms with E-state index in [1.165, 1.54) is 6.92 Å². The number of Topliss-reactive ketones (excluding diaryl/α,β-unsaturated/α-hetero) is 1. The van der Waals surface area contributed by atoms with Crippen molar-refractivity contribution in [1.82, 2.24) is 4.90 Å². The molecule has 2 atom stereocenters. The monoisotopic (exact) mass is 425 g/mol. The molecule has 1 aliphatic rings. The Balaban J connectivity index is 1.66. The van der Waals surface area contributed by atoms with Crippen LogP contribution in [0.3, 0.4) is 0 Å². The zero-order valence-corrected chi connectivity index (χ0v) is 17.7. The average molecular weight is 426 g/mol. The second kappa shape index (κ2) is 9.63. The topological polar surface area (TPSA) is 66.8 Å². The molecule has 1 unspecified atom stereocenters. The molecule has 5 nitrogen and oxygen atoms in total. The van der Waals surface area contributed by atoms with E-state index in [0.29, 0.717) is 29.4 Å². The van der Waals surface area contributed by atoms with Crippen molar-refractivity contribution in [1.29, 1.82) is 0 Å². The minimum atomic E-state index is -1.02. The molecule has 0 aliphatic carbocycles. The van der Waals surface area contributed by atoms with Crippen LogP contribution in [0.1, 0.15) is 34.8 Å². The lowest BCUT2D eigenvalue weighted by molar-refractivity contribution is -0.144. The summed E-state index contributed by atoms with van der Waals surface area (Å²) in [5.74, 6) is -0.484. The lowest BCUT2D eigenvalue weighted by atomic mass is 10.0. The van der Waals surface area contributed by atoms with Crippen LogP contribution in [-0.2, 0) is 4.79 Å². The number of hydrogen-bond acceptors (Lipinski definition) is 4. The van der Waals surface area contributed by atoms with Crippen molar-refractivity contribution in [3.05, 3.63) is 82.5 Å². The van der Waals surface area contributed by atoms with Crippen LogP contribution in [0, 0.1) is 6.92 Å². The maximum Gasteiger partial charge on any atom is 0.344 e. The second-order valence-electron chi connectivity index (χ2n) is 7.23. The number of nitrogens with zero attached hydrogens (tertiary/aromatic N) is 1. The van der Waals surface area contributed by atoms with Crippen molar-refractivity contribution in [3.63, 3.8) is 0 Å². The zero-order chi connectivity index (χ0) is 21.7. The van der Waals surface area contributed by atoms with E-state index in [4.69, 9.17) is 21.4 Å². The van der Waals surface area contributed by atoms with Gasteiger partial charge in [0, 0.05) is 12.1 Å². The number of carbonyl (C=O) groups excluding carboxylic acids is 1. The molecule has 0 amide bonds. The van der Waals surface area contributed by atoms with Gasteiger partial charge in [-0.25, -0.2) is 4.79 Å². The van der Waals surface area contributed by atoms with Crippen molar-refractivity contribution < 1.29 is 19.4 Å². The molecule has 1 heterocycles. The molecule has 0 saturated carbocycles. The molecule has 0 fully saturated rings. The van der Waals surface area contributed by atoms with Crippen LogP contribution < -0.4 is 4.74 Å². The van der Waals surface area contributed by atoms with Crippen molar-refractivity contribution in [3.8, 4) is 5.75 Å². The average Bonchev–Trinajstić information content (AvgIpc) is 3.09. The highest BCUT2D eigenvalue weighted by molar-refractivity contribution is 6.29. The molecule has 6 heteroatoms. The maximum absolute atomic E-state index is 12.9. The molecule has 1 aliphatic heterocycles. The molecule has 0 saturated heterocycles. The highest BCUT2D eigenvalue weighted by Crippen LogP contribution is 2.27. The minimum absolute atomic E-state index is 0.0494. The van der Waals surface area contributed by atoms with E-state index in [-0.39, 0.29) is 11.8 Å². The number of carboxylic acid groups (broad SMARTS) is 1. The third-order valence-corrected chi connectivity index (χ3v) is 5.30. The lowest BCUT2D eigenvalue weighted by Crippen LogP contribution is -2.36. The lowest BCUT2D eigenvalue weighted by Gasteiger charge is -2.25. The summed E-state index contributed by atoms with van der Waals surface area (Å²) in [7, 11) is 0. The van der Waals surface area contributed by atoms with Crippen LogP contribution in [0.15, 0.2) is 65.8 Å². The third-order valence-electron chi connectivity index (χ3n) is 4.93. The Labute approximate surface area is 181 Å². The molecule has 0 aromatic heterocycles. The van der Waals surface area contributed by atoms with Crippen LogP contribution >= 0.6 is 11.6 Å². The fourth-order valence-electron chi connectivity index (χ4n) is 3.22. The molecule has 0 radical (unpaired) electrons.